The van der Waals surface area contributed by atoms with Crippen LogP contribution in [0.4, 0.5) is 0 Å². The standard InChI is InChI=1S/C15H14ClNO4/c1-2-9-20-11-5-3-4-6-12(11)21-13-8-7-10(16)14(17-13)15(18)19/h3-8H,2,9H2,1H3,(H,18,19). The van der Waals surface area contributed by atoms with Crippen molar-refractivity contribution in [3.05, 3.63) is 47.1 Å². The summed E-state index contributed by atoms with van der Waals surface area (Å²) in [5.41, 5.74) is -0.249. The number of hydrogen-bond donors (Lipinski definition) is 1. The van der Waals surface area contributed by atoms with Crippen LogP contribution in [0.25, 0.3) is 0 Å². The van der Waals surface area contributed by atoms with Crippen LogP contribution in [-0.2, 0) is 0 Å². The molecule has 0 aliphatic rings. The summed E-state index contributed by atoms with van der Waals surface area (Å²) in [6.07, 6.45) is 0.872. The van der Waals surface area contributed by atoms with Crippen LogP contribution >= 0.6 is 11.6 Å². The summed E-state index contributed by atoms with van der Waals surface area (Å²) in [7, 11) is 0. The number of carboxylic acids is 1. The summed E-state index contributed by atoms with van der Waals surface area (Å²) in [4.78, 5) is 14.9. The van der Waals surface area contributed by atoms with Crippen LogP contribution in [0, 0.1) is 0 Å². The fourth-order valence-corrected chi connectivity index (χ4v) is 1.80. The number of hydrogen-bond acceptors (Lipinski definition) is 4. The molecule has 110 valence electrons. The molecule has 0 amide bonds. The lowest BCUT2D eigenvalue weighted by Gasteiger charge is -2.11. The first-order chi connectivity index (χ1) is 10.1. The third-order valence-corrected chi connectivity index (χ3v) is 2.85. The highest BCUT2D eigenvalue weighted by molar-refractivity contribution is 6.33. The molecule has 2 rings (SSSR count). The first kappa shape index (κ1) is 15.1. The van der Waals surface area contributed by atoms with Gasteiger partial charge in [0.2, 0.25) is 5.88 Å². The van der Waals surface area contributed by atoms with Gasteiger partial charge in [-0.25, -0.2) is 9.78 Å². The Hall–Kier alpha value is -2.27. The summed E-state index contributed by atoms with van der Waals surface area (Å²) >= 11 is 5.77. The molecule has 0 atom stereocenters. The Kier molecular flexibility index (Phi) is 5.00. The van der Waals surface area contributed by atoms with Gasteiger partial charge in [0.1, 0.15) is 0 Å². The molecule has 0 radical (unpaired) electrons. The molecule has 0 aliphatic heterocycles. The van der Waals surface area contributed by atoms with Gasteiger partial charge >= 0.3 is 5.97 Å². The van der Waals surface area contributed by atoms with Gasteiger partial charge in [0.25, 0.3) is 0 Å². The van der Waals surface area contributed by atoms with E-state index >= 15 is 0 Å². The minimum atomic E-state index is -1.21. The third-order valence-electron chi connectivity index (χ3n) is 2.55. The Balaban J connectivity index is 2.26. The van der Waals surface area contributed by atoms with E-state index in [2.05, 4.69) is 4.98 Å². The van der Waals surface area contributed by atoms with E-state index < -0.39 is 5.97 Å². The van der Waals surface area contributed by atoms with E-state index in [1.165, 1.54) is 12.1 Å². The first-order valence-electron chi connectivity index (χ1n) is 6.41. The SMILES string of the molecule is CCCOc1ccccc1Oc1ccc(Cl)c(C(=O)O)n1. The molecule has 1 aromatic carbocycles. The molecule has 1 heterocycles. The lowest BCUT2D eigenvalue weighted by Crippen LogP contribution is -2.03. The number of aromatic carboxylic acids is 1. The lowest BCUT2D eigenvalue weighted by atomic mass is 10.3. The van der Waals surface area contributed by atoms with Crippen molar-refractivity contribution in [3.63, 3.8) is 0 Å². The van der Waals surface area contributed by atoms with Crippen molar-refractivity contribution in [2.75, 3.05) is 6.61 Å². The maximum absolute atomic E-state index is 11.0. The predicted octanol–water partition coefficient (Wildman–Crippen LogP) is 4.01. The van der Waals surface area contributed by atoms with Gasteiger partial charge in [0.15, 0.2) is 17.2 Å². The highest BCUT2D eigenvalue weighted by Crippen LogP contribution is 2.31. The van der Waals surface area contributed by atoms with E-state index in [-0.39, 0.29) is 16.6 Å². The number of ether oxygens (including phenoxy) is 2. The Morgan fingerprint density at radius 3 is 2.62 bits per heavy atom. The first-order valence-corrected chi connectivity index (χ1v) is 6.79. The van der Waals surface area contributed by atoms with Crippen molar-refractivity contribution in [2.45, 2.75) is 13.3 Å². The lowest BCUT2D eigenvalue weighted by molar-refractivity contribution is 0.0690. The van der Waals surface area contributed by atoms with E-state index in [0.29, 0.717) is 18.1 Å². The molecule has 21 heavy (non-hydrogen) atoms. The molecule has 0 saturated heterocycles. The zero-order chi connectivity index (χ0) is 15.2. The zero-order valence-electron chi connectivity index (χ0n) is 11.4. The molecule has 1 aromatic heterocycles. The largest absolute Gasteiger partial charge is 0.490 e. The van der Waals surface area contributed by atoms with Gasteiger partial charge in [-0.1, -0.05) is 30.7 Å². The molecule has 0 bridgehead atoms. The summed E-state index contributed by atoms with van der Waals surface area (Å²) < 4.78 is 11.2. The van der Waals surface area contributed by atoms with Crippen LogP contribution in [-0.4, -0.2) is 22.7 Å². The molecule has 0 spiro atoms. The Morgan fingerprint density at radius 2 is 1.95 bits per heavy atom. The molecule has 0 unspecified atom stereocenters. The minimum absolute atomic E-state index is 0.0605. The maximum Gasteiger partial charge on any atom is 0.356 e. The van der Waals surface area contributed by atoms with Gasteiger partial charge in [-0.2, -0.15) is 0 Å². The molecular formula is C15H14ClNO4. The van der Waals surface area contributed by atoms with Gasteiger partial charge in [-0.05, 0) is 24.6 Å². The van der Waals surface area contributed by atoms with E-state index in [4.69, 9.17) is 26.2 Å². The van der Waals surface area contributed by atoms with E-state index in [0.717, 1.165) is 6.42 Å². The third kappa shape index (κ3) is 3.86. The zero-order valence-corrected chi connectivity index (χ0v) is 12.1. The predicted molar refractivity (Wildman–Crippen MR) is 78.5 cm³/mol. The van der Waals surface area contributed by atoms with E-state index in [9.17, 15) is 4.79 Å². The number of carbonyl (C=O) groups is 1. The van der Waals surface area contributed by atoms with E-state index in [1.54, 1.807) is 18.2 Å². The number of rotatable bonds is 6. The van der Waals surface area contributed by atoms with Crippen molar-refractivity contribution in [2.24, 2.45) is 0 Å². The molecule has 6 heteroatoms. The number of carboxylic acid groups (broad SMARTS) is 1. The maximum atomic E-state index is 11.0. The van der Waals surface area contributed by atoms with Crippen LogP contribution < -0.4 is 9.47 Å². The number of benzene rings is 1. The number of pyridine rings is 1. The highest BCUT2D eigenvalue weighted by atomic mass is 35.5. The second-order valence-electron chi connectivity index (χ2n) is 4.18. The van der Waals surface area contributed by atoms with Crippen molar-refractivity contribution in [3.8, 4) is 17.4 Å². The summed E-state index contributed by atoms with van der Waals surface area (Å²) in [5, 5.41) is 9.06. The molecule has 0 saturated carbocycles. The van der Waals surface area contributed by atoms with Gasteiger partial charge in [-0.15, -0.1) is 0 Å². The fraction of sp³-hybridized carbons (Fsp3) is 0.200. The minimum Gasteiger partial charge on any atom is -0.490 e. The Morgan fingerprint density at radius 1 is 1.24 bits per heavy atom. The van der Waals surface area contributed by atoms with Gasteiger partial charge in [0.05, 0.1) is 11.6 Å². The van der Waals surface area contributed by atoms with Crippen LogP contribution in [0.15, 0.2) is 36.4 Å². The second kappa shape index (κ2) is 6.95. The van der Waals surface area contributed by atoms with Crippen molar-refractivity contribution < 1.29 is 19.4 Å². The number of aromatic nitrogens is 1. The topological polar surface area (TPSA) is 68.7 Å². The molecule has 0 fully saturated rings. The average Bonchev–Trinajstić information content (AvgIpc) is 2.48. The number of halogens is 1. The quantitative estimate of drug-likeness (QED) is 0.873. The molecule has 0 aliphatic carbocycles. The van der Waals surface area contributed by atoms with Crippen LogP contribution in [0.2, 0.25) is 5.02 Å². The van der Waals surface area contributed by atoms with Gasteiger partial charge in [0, 0.05) is 6.07 Å². The molecule has 5 nitrogen and oxygen atoms in total. The van der Waals surface area contributed by atoms with Crippen molar-refractivity contribution in [1.82, 2.24) is 4.98 Å². The Bertz CT molecular complexity index is 645. The highest BCUT2D eigenvalue weighted by Gasteiger charge is 2.13. The average molecular weight is 308 g/mol. The van der Waals surface area contributed by atoms with Crippen molar-refractivity contribution in [1.29, 1.82) is 0 Å². The normalized spacial score (nSPS) is 10.2. The fourth-order valence-electron chi connectivity index (χ4n) is 1.61. The second-order valence-corrected chi connectivity index (χ2v) is 4.59. The monoisotopic (exact) mass is 307 g/mol. The number of para-hydroxylation sites is 2. The smallest absolute Gasteiger partial charge is 0.356 e. The number of nitrogens with zero attached hydrogens (tertiary/aromatic N) is 1. The van der Waals surface area contributed by atoms with Crippen molar-refractivity contribution >= 4 is 17.6 Å². The van der Waals surface area contributed by atoms with E-state index in [1.807, 2.05) is 13.0 Å². The Labute approximate surface area is 127 Å². The summed E-state index contributed by atoms with van der Waals surface area (Å²) in [5.74, 6) is -0.0181. The van der Waals surface area contributed by atoms with Crippen LogP contribution in [0.3, 0.4) is 0 Å². The molecule has 1 N–H and O–H groups in total. The molecule has 2 aromatic rings. The van der Waals surface area contributed by atoms with Gasteiger partial charge < -0.3 is 14.6 Å². The summed E-state index contributed by atoms with van der Waals surface area (Å²) in [6, 6.07) is 10.1. The van der Waals surface area contributed by atoms with Crippen LogP contribution in [0.1, 0.15) is 23.8 Å². The summed E-state index contributed by atoms with van der Waals surface area (Å²) in [6.45, 7) is 2.57. The van der Waals surface area contributed by atoms with Crippen LogP contribution in [0.5, 0.6) is 17.4 Å². The molecular weight excluding hydrogens is 294 g/mol. The van der Waals surface area contributed by atoms with Gasteiger partial charge in [-0.3, -0.25) is 0 Å².